The van der Waals surface area contributed by atoms with Crippen LogP contribution in [-0.4, -0.2) is 39.2 Å². The summed E-state index contributed by atoms with van der Waals surface area (Å²) in [6.45, 7) is 6.72. The van der Waals surface area contributed by atoms with Gasteiger partial charge in [0.15, 0.2) is 0 Å². The van der Waals surface area contributed by atoms with Crippen LogP contribution in [0.1, 0.15) is 71.1 Å². The van der Waals surface area contributed by atoms with Crippen molar-refractivity contribution in [3.05, 3.63) is 18.2 Å². The maximum Gasteiger partial charge on any atom is 0.132 e. The number of morpholine rings is 1. The molecule has 1 aliphatic rings. The number of ether oxygens (including phenoxy) is 2. The lowest BCUT2D eigenvalue weighted by atomic mass is 10.1. The van der Waals surface area contributed by atoms with E-state index in [2.05, 4.69) is 36.3 Å². The molecule has 0 aliphatic carbocycles. The van der Waals surface area contributed by atoms with Gasteiger partial charge in [-0.25, -0.2) is 0 Å². The molecule has 0 unspecified atom stereocenters. The first-order valence-electron chi connectivity index (χ1n) is 11.0. The first kappa shape index (κ1) is 22.4. The van der Waals surface area contributed by atoms with E-state index in [4.69, 9.17) is 9.47 Å². The highest BCUT2D eigenvalue weighted by Gasteiger charge is 2.13. The maximum atomic E-state index is 6.08. The van der Waals surface area contributed by atoms with Gasteiger partial charge in [0.05, 0.1) is 24.7 Å². The second-order valence-corrected chi connectivity index (χ2v) is 8.31. The minimum atomic E-state index is 0.825. The number of rotatable bonds is 14. The van der Waals surface area contributed by atoms with E-state index in [1.54, 1.807) is 11.8 Å². The predicted octanol–water partition coefficient (Wildman–Crippen LogP) is 6.54. The Kier molecular flexibility index (Phi) is 11.8. The lowest BCUT2D eigenvalue weighted by Crippen LogP contribution is -2.36. The summed E-state index contributed by atoms with van der Waals surface area (Å²) in [5.74, 6) is 1.04. The lowest BCUT2D eigenvalue weighted by Gasteiger charge is -2.29. The quantitative estimate of drug-likeness (QED) is 0.264. The molecule has 1 aliphatic heterocycles. The fourth-order valence-electron chi connectivity index (χ4n) is 3.57. The van der Waals surface area contributed by atoms with Crippen molar-refractivity contribution < 1.29 is 9.47 Å². The van der Waals surface area contributed by atoms with Crippen molar-refractivity contribution in [1.82, 2.24) is 0 Å². The van der Waals surface area contributed by atoms with Gasteiger partial charge >= 0.3 is 0 Å². The van der Waals surface area contributed by atoms with E-state index in [1.807, 2.05) is 0 Å². The topological polar surface area (TPSA) is 21.7 Å². The van der Waals surface area contributed by atoms with Crippen LogP contribution in [0, 0.1) is 0 Å². The second kappa shape index (κ2) is 14.2. The van der Waals surface area contributed by atoms with E-state index in [9.17, 15) is 0 Å². The van der Waals surface area contributed by atoms with Gasteiger partial charge in [-0.15, -0.1) is 11.8 Å². The molecule has 0 amide bonds. The molecule has 0 radical (unpaired) electrons. The number of hydrogen-bond donors (Lipinski definition) is 0. The highest BCUT2D eigenvalue weighted by atomic mass is 32.2. The van der Waals surface area contributed by atoms with E-state index < -0.39 is 0 Å². The summed E-state index contributed by atoms with van der Waals surface area (Å²) in [7, 11) is 0. The molecule has 1 heterocycles. The molecule has 0 bridgehead atoms. The number of thioether (sulfide) groups is 1. The summed E-state index contributed by atoms with van der Waals surface area (Å²) in [5.41, 5.74) is 1.29. The third kappa shape index (κ3) is 8.78. The van der Waals surface area contributed by atoms with Crippen molar-refractivity contribution in [3.8, 4) is 5.75 Å². The Bertz CT molecular complexity index is 503. The monoisotopic (exact) mass is 393 g/mol. The Balaban J connectivity index is 1.60. The molecule has 1 saturated heterocycles. The van der Waals surface area contributed by atoms with Crippen LogP contribution >= 0.6 is 11.8 Å². The van der Waals surface area contributed by atoms with Crippen LogP contribution < -0.4 is 9.64 Å². The first-order valence-corrected chi connectivity index (χ1v) is 12.2. The smallest absolute Gasteiger partial charge is 0.132 e. The standard InChI is InChI=1S/C23H39NO2S/c1-3-4-5-6-7-8-9-10-11-12-17-26-22-14-13-21(20-23(22)27-2)24-15-18-25-19-16-24/h13-14,20H,3-12,15-19H2,1-2H3. The van der Waals surface area contributed by atoms with E-state index in [0.29, 0.717) is 0 Å². The number of benzene rings is 1. The normalized spacial score (nSPS) is 14.5. The molecule has 0 aromatic heterocycles. The van der Waals surface area contributed by atoms with Gasteiger partial charge in [-0.05, 0) is 30.9 Å². The van der Waals surface area contributed by atoms with Crippen molar-refractivity contribution in [1.29, 1.82) is 0 Å². The molecule has 4 heteroatoms. The molecule has 154 valence electrons. The van der Waals surface area contributed by atoms with Gasteiger partial charge in [-0.2, -0.15) is 0 Å². The van der Waals surface area contributed by atoms with E-state index >= 15 is 0 Å². The van der Waals surface area contributed by atoms with Gasteiger partial charge in [0.1, 0.15) is 5.75 Å². The van der Waals surface area contributed by atoms with E-state index in [1.165, 1.54) is 68.4 Å². The summed E-state index contributed by atoms with van der Waals surface area (Å²) < 4.78 is 11.5. The summed E-state index contributed by atoms with van der Waals surface area (Å²) in [6, 6.07) is 6.61. The molecule has 3 nitrogen and oxygen atoms in total. The van der Waals surface area contributed by atoms with Crippen LogP contribution in [0.25, 0.3) is 0 Å². The van der Waals surface area contributed by atoms with Crippen LogP contribution in [0.5, 0.6) is 5.75 Å². The van der Waals surface area contributed by atoms with E-state index in [0.717, 1.165) is 45.1 Å². The number of anilines is 1. The highest BCUT2D eigenvalue weighted by molar-refractivity contribution is 7.98. The summed E-state index contributed by atoms with van der Waals surface area (Å²) in [4.78, 5) is 3.64. The van der Waals surface area contributed by atoms with Gasteiger partial charge < -0.3 is 14.4 Å². The van der Waals surface area contributed by atoms with E-state index in [-0.39, 0.29) is 0 Å². The molecule has 0 N–H and O–H groups in total. The van der Waals surface area contributed by atoms with Crippen LogP contribution in [0.3, 0.4) is 0 Å². The first-order chi connectivity index (χ1) is 13.3. The molecule has 0 atom stereocenters. The number of unbranched alkanes of at least 4 members (excludes halogenated alkanes) is 9. The average molecular weight is 394 g/mol. The van der Waals surface area contributed by atoms with Crippen molar-refractivity contribution in [2.75, 3.05) is 44.1 Å². The summed E-state index contributed by atoms with van der Waals surface area (Å²) in [6.07, 6.45) is 15.7. The fraction of sp³-hybridized carbons (Fsp3) is 0.739. The lowest BCUT2D eigenvalue weighted by molar-refractivity contribution is 0.122. The Hall–Kier alpha value is -0.870. The summed E-state index contributed by atoms with van der Waals surface area (Å²) in [5, 5.41) is 0. The molecular formula is C23H39NO2S. The van der Waals surface area contributed by atoms with Gasteiger partial charge in [0.2, 0.25) is 0 Å². The Labute approximate surface area is 171 Å². The van der Waals surface area contributed by atoms with Crippen LogP contribution in [-0.2, 0) is 4.74 Å². The Morgan fingerprint density at radius 3 is 2.19 bits per heavy atom. The fourth-order valence-corrected chi connectivity index (χ4v) is 4.13. The van der Waals surface area contributed by atoms with Crippen LogP contribution in [0.4, 0.5) is 5.69 Å². The Morgan fingerprint density at radius 2 is 1.56 bits per heavy atom. The molecule has 0 spiro atoms. The molecular weight excluding hydrogens is 354 g/mol. The highest BCUT2D eigenvalue weighted by Crippen LogP contribution is 2.32. The van der Waals surface area contributed by atoms with Crippen molar-refractivity contribution >= 4 is 17.4 Å². The predicted molar refractivity (Wildman–Crippen MR) is 119 cm³/mol. The Morgan fingerprint density at radius 1 is 0.926 bits per heavy atom. The maximum absolute atomic E-state index is 6.08. The minimum absolute atomic E-state index is 0.825. The van der Waals surface area contributed by atoms with Gasteiger partial charge in [-0.1, -0.05) is 64.7 Å². The number of hydrogen-bond acceptors (Lipinski definition) is 4. The average Bonchev–Trinajstić information content (AvgIpc) is 2.72. The molecule has 1 fully saturated rings. The van der Waals surface area contributed by atoms with Crippen LogP contribution in [0.2, 0.25) is 0 Å². The minimum Gasteiger partial charge on any atom is -0.492 e. The van der Waals surface area contributed by atoms with Gasteiger partial charge in [0.25, 0.3) is 0 Å². The zero-order chi connectivity index (χ0) is 19.2. The molecule has 1 aromatic rings. The zero-order valence-electron chi connectivity index (χ0n) is 17.5. The van der Waals surface area contributed by atoms with Crippen molar-refractivity contribution in [3.63, 3.8) is 0 Å². The van der Waals surface area contributed by atoms with Crippen molar-refractivity contribution in [2.24, 2.45) is 0 Å². The van der Waals surface area contributed by atoms with Crippen LogP contribution in [0.15, 0.2) is 23.1 Å². The third-order valence-corrected chi connectivity index (χ3v) is 6.04. The molecule has 0 saturated carbocycles. The second-order valence-electron chi connectivity index (χ2n) is 7.47. The number of nitrogens with zero attached hydrogens (tertiary/aromatic N) is 1. The van der Waals surface area contributed by atoms with Gasteiger partial charge in [0, 0.05) is 18.8 Å². The molecule has 2 rings (SSSR count). The third-order valence-electron chi connectivity index (χ3n) is 5.28. The van der Waals surface area contributed by atoms with Crippen molar-refractivity contribution in [2.45, 2.75) is 76.0 Å². The zero-order valence-corrected chi connectivity index (χ0v) is 18.3. The molecule has 1 aromatic carbocycles. The van der Waals surface area contributed by atoms with Gasteiger partial charge in [-0.3, -0.25) is 0 Å². The molecule has 27 heavy (non-hydrogen) atoms. The summed E-state index contributed by atoms with van der Waals surface area (Å²) >= 11 is 1.77. The SMILES string of the molecule is CCCCCCCCCCCCOc1ccc(N2CCOCC2)cc1SC. The largest absolute Gasteiger partial charge is 0.492 e.